The molecular weight excluding hydrogens is 476 g/mol. The molecule has 1 unspecified atom stereocenters. The van der Waals surface area contributed by atoms with Crippen LogP contribution in [0.5, 0.6) is 11.5 Å². The number of amides is 1. The molecule has 10 heteroatoms. The molecule has 176 valence electrons. The number of carbonyl (C=O) groups excluding carboxylic acids is 2. The van der Waals surface area contributed by atoms with Crippen molar-refractivity contribution in [2.75, 3.05) is 34.5 Å². The van der Waals surface area contributed by atoms with Crippen LogP contribution in [0.1, 0.15) is 23.6 Å². The average Bonchev–Trinajstić information content (AvgIpc) is 3.04. The Morgan fingerprint density at radius 3 is 2.30 bits per heavy atom. The molecule has 0 bridgehead atoms. The third kappa shape index (κ3) is 4.64. The van der Waals surface area contributed by atoms with Gasteiger partial charge in [-0.1, -0.05) is 35.3 Å². The molecule has 2 aromatic carbocycles. The summed E-state index contributed by atoms with van der Waals surface area (Å²) in [5.74, 6) is -2.57. The van der Waals surface area contributed by atoms with E-state index < -0.39 is 29.3 Å². The molecule has 0 saturated carbocycles. The lowest BCUT2D eigenvalue weighted by molar-refractivity contribution is -0.140. The zero-order valence-electron chi connectivity index (χ0n) is 18.2. The van der Waals surface area contributed by atoms with Gasteiger partial charge in [-0.25, -0.2) is 4.39 Å². The first kappa shape index (κ1) is 24.8. The second-order valence-electron chi connectivity index (χ2n) is 7.18. The van der Waals surface area contributed by atoms with Gasteiger partial charge in [0.05, 0.1) is 36.4 Å². The van der Waals surface area contributed by atoms with Crippen LogP contribution in [-0.2, 0) is 14.3 Å². The zero-order chi connectivity index (χ0) is 24.3. The van der Waals surface area contributed by atoms with Gasteiger partial charge in [0.1, 0.15) is 16.6 Å². The van der Waals surface area contributed by atoms with E-state index in [0.29, 0.717) is 18.6 Å². The fourth-order valence-electron chi connectivity index (χ4n) is 3.77. The van der Waals surface area contributed by atoms with E-state index >= 15 is 0 Å². The maximum Gasteiger partial charge on any atom is 0.295 e. The molecule has 1 N–H and O–H groups in total. The van der Waals surface area contributed by atoms with Crippen LogP contribution in [-0.4, -0.2) is 56.2 Å². The Hall–Kier alpha value is -2.81. The van der Waals surface area contributed by atoms with E-state index in [1.807, 2.05) is 0 Å². The predicted molar refractivity (Wildman–Crippen MR) is 121 cm³/mol. The number of ketones is 1. The number of hydrogen-bond donors (Lipinski definition) is 1. The summed E-state index contributed by atoms with van der Waals surface area (Å²) >= 11 is 12.6. The molecule has 1 atom stereocenters. The largest absolute Gasteiger partial charge is 0.507 e. The quantitative estimate of drug-likeness (QED) is 0.248. The van der Waals surface area contributed by atoms with Crippen LogP contribution in [0.3, 0.4) is 0 Å². The van der Waals surface area contributed by atoms with E-state index in [-0.39, 0.29) is 39.2 Å². The lowest BCUT2D eigenvalue weighted by atomic mass is 9.95. The van der Waals surface area contributed by atoms with Gasteiger partial charge in [0.25, 0.3) is 11.7 Å². The molecule has 1 aliphatic rings. The Labute approximate surface area is 200 Å². The third-order valence-corrected chi connectivity index (χ3v) is 5.89. The highest BCUT2D eigenvalue weighted by Crippen LogP contribution is 2.47. The van der Waals surface area contributed by atoms with Crippen molar-refractivity contribution in [2.45, 2.75) is 12.5 Å². The van der Waals surface area contributed by atoms with Gasteiger partial charge in [-0.05, 0) is 30.2 Å². The fraction of sp³-hybridized carbons (Fsp3) is 0.304. The summed E-state index contributed by atoms with van der Waals surface area (Å²) in [5, 5.41) is 11.3. The molecule has 2 aromatic rings. The summed E-state index contributed by atoms with van der Waals surface area (Å²) in [7, 11) is 4.22. The zero-order valence-corrected chi connectivity index (χ0v) is 19.7. The van der Waals surface area contributed by atoms with Crippen LogP contribution in [0.4, 0.5) is 4.39 Å². The van der Waals surface area contributed by atoms with Crippen molar-refractivity contribution in [3.63, 3.8) is 0 Å². The summed E-state index contributed by atoms with van der Waals surface area (Å²) in [6, 6.07) is 5.70. The molecule has 1 fully saturated rings. The van der Waals surface area contributed by atoms with Crippen LogP contribution in [0.25, 0.3) is 5.76 Å². The van der Waals surface area contributed by atoms with Gasteiger partial charge in [-0.2, -0.15) is 0 Å². The van der Waals surface area contributed by atoms with Gasteiger partial charge in [0.2, 0.25) is 0 Å². The van der Waals surface area contributed by atoms with Crippen molar-refractivity contribution in [2.24, 2.45) is 0 Å². The van der Waals surface area contributed by atoms with Crippen molar-refractivity contribution in [1.29, 1.82) is 0 Å². The number of aliphatic hydroxyl groups excluding tert-OH is 1. The lowest BCUT2D eigenvalue weighted by Gasteiger charge is -2.25. The summed E-state index contributed by atoms with van der Waals surface area (Å²) in [6.07, 6.45) is 0.449. The lowest BCUT2D eigenvalue weighted by Crippen LogP contribution is -2.31. The summed E-state index contributed by atoms with van der Waals surface area (Å²) in [4.78, 5) is 27.3. The van der Waals surface area contributed by atoms with E-state index in [4.69, 9.17) is 37.4 Å². The fourth-order valence-corrected chi connectivity index (χ4v) is 4.46. The smallest absolute Gasteiger partial charge is 0.295 e. The maximum absolute atomic E-state index is 13.6. The standard InChI is InChI=1S/C23H22Cl2FNO6/c1-31-10-4-9-27-18(12-5-7-13(26)8-6-12)16(20(29)23(27)30)19(28)14-11-15(24)22(33-3)17(25)21(14)32-2/h5-8,11,18,28H,4,9-10H2,1-3H3/b19-16+. The predicted octanol–water partition coefficient (Wildman–Crippen LogP) is 4.61. The van der Waals surface area contributed by atoms with Crippen molar-refractivity contribution in [3.05, 3.63) is 62.9 Å². The van der Waals surface area contributed by atoms with E-state index in [2.05, 4.69) is 0 Å². The molecule has 33 heavy (non-hydrogen) atoms. The first-order valence-corrected chi connectivity index (χ1v) is 10.7. The highest BCUT2D eigenvalue weighted by molar-refractivity contribution is 6.47. The number of Topliss-reactive ketones (excluding diaryl/α,β-unsaturated/α-hetero) is 1. The molecule has 0 aromatic heterocycles. The normalized spacial score (nSPS) is 17.5. The number of ether oxygens (including phenoxy) is 3. The molecule has 7 nitrogen and oxygen atoms in total. The van der Waals surface area contributed by atoms with E-state index in [1.54, 1.807) is 0 Å². The van der Waals surface area contributed by atoms with E-state index in [9.17, 15) is 19.1 Å². The second-order valence-corrected chi connectivity index (χ2v) is 7.96. The molecule has 0 spiro atoms. The number of rotatable bonds is 8. The van der Waals surface area contributed by atoms with Gasteiger partial charge in [0, 0.05) is 20.3 Å². The Balaban J connectivity index is 2.24. The van der Waals surface area contributed by atoms with Crippen molar-refractivity contribution in [1.82, 2.24) is 4.90 Å². The summed E-state index contributed by atoms with van der Waals surface area (Å²) in [6.45, 7) is 0.537. The van der Waals surface area contributed by atoms with Gasteiger partial charge in [-0.3, -0.25) is 9.59 Å². The highest BCUT2D eigenvalue weighted by atomic mass is 35.5. The summed E-state index contributed by atoms with van der Waals surface area (Å²) in [5.41, 5.74) is 0.258. The van der Waals surface area contributed by atoms with Crippen LogP contribution >= 0.6 is 23.2 Å². The first-order valence-electron chi connectivity index (χ1n) is 9.89. The Kier molecular flexibility index (Phi) is 7.84. The first-order chi connectivity index (χ1) is 15.8. The molecule has 1 saturated heterocycles. The Bertz CT molecular complexity index is 1100. The topological polar surface area (TPSA) is 85.3 Å². The van der Waals surface area contributed by atoms with Crippen molar-refractivity contribution in [3.8, 4) is 11.5 Å². The number of hydrogen-bond acceptors (Lipinski definition) is 6. The second kappa shape index (κ2) is 10.4. The molecule has 3 rings (SSSR count). The molecule has 1 heterocycles. The van der Waals surface area contributed by atoms with Crippen molar-refractivity contribution < 1.29 is 33.3 Å². The van der Waals surface area contributed by atoms with Gasteiger partial charge >= 0.3 is 0 Å². The van der Waals surface area contributed by atoms with Crippen LogP contribution < -0.4 is 9.47 Å². The number of halogens is 3. The Morgan fingerprint density at radius 1 is 1.09 bits per heavy atom. The summed E-state index contributed by atoms with van der Waals surface area (Å²) < 4.78 is 29.1. The average molecular weight is 498 g/mol. The molecule has 0 radical (unpaired) electrons. The SMILES string of the molecule is COCCCN1C(=O)C(=O)/C(=C(/O)c2cc(Cl)c(OC)c(Cl)c2OC)C1c1ccc(F)cc1. The molecule has 1 amide bonds. The number of methoxy groups -OCH3 is 3. The highest BCUT2D eigenvalue weighted by Gasteiger charge is 2.46. The minimum atomic E-state index is -0.966. The van der Waals surface area contributed by atoms with Gasteiger partial charge < -0.3 is 24.2 Å². The number of nitrogens with zero attached hydrogens (tertiary/aromatic N) is 1. The third-order valence-electron chi connectivity index (χ3n) is 5.27. The Morgan fingerprint density at radius 2 is 1.73 bits per heavy atom. The number of carbonyl (C=O) groups is 2. The molecular formula is C23H22Cl2FNO6. The number of benzene rings is 2. The van der Waals surface area contributed by atoms with E-state index in [0.717, 1.165) is 0 Å². The molecule has 1 aliphatic heterocycles. The van der Waals surface area contributed by atoms with Gasteiger partial charge in [0.15, 0.2) is 11.5 Å². The number of likely N-dealkylation sites (tertiary alicyclic amines) is 1. The van der Waals surface area contributed by atoms with Crippen LogP contribution in [0, 0.1) is 5.82 Å². The minimum absolute atomic E-state index is 0.00954. The number of aliphatic hydroxyl groups is 1. The van der Waals surface area contributed by atoms with Gasteiger partial charge in [-0.15, -0.1) is 0 Å². The maximum atomic E-state index is 13.6. The molecule has 0 aliphatic carbocycles. The minimum Gasteiger partial charge on any atom is -0.507 e. The van der Waals surface area contributed by atoms with Crippen LogP contribution in [0.2, 0.25) is 10.0 Å². The van der Waals surface area contributed by atoms with Crippen molar-refractivity contribution >= 4 is 40.7 Å². The van der Waals surface area contributed by atoms with Crippen LogP contribution in [0.15, 0.2) is 35.9 Å². The monoisotopic (exact) mass is 497 g/mol. The van der Waals surface area contributed by atoms with E-state index in [1.165, 1.54) is 56.6 Å².